The summed E-state index contributed by atoms with van der Waals surface area (Å²) in [4.78, 5) is 11.9. The van der Waals surface area contributed by atoms with Gasteiger partial charge in [0.1, 0.15) is 5.75 Å². The molecule has 2 aromatic carbocycles. The Morgan fingerprint density at radius 3 is 2.56 bits per heavy atom. The molecule has 0 aliphatic heterocycles. The van der Waals surface area contributed by atoms with E-state index in [1.807, 2.05) is 49.4 Å². The highest BCUT2D eigenvalue weighted by Crippen LogP contribution is 2.13. The molecule has 3 N–H and O–H groups in total. The van der Waals surface area contributed by atoms with Crippen molar-refractivity contribution in [2.24, 2.45) is 5.10 Å². The first-order valence-electron chi connectivity index (χ1n) is 8.35. The Kier molecular flexibility index (Phi) is 7.99. The Bertz CT molecular complexity index is 804. The van der Waals surface area contributed by atoms with E-state index in [4.69, 9.17) is 17.0 Å². The van der Waals surface area contributed by atoms with Gasteiger partial charge < -0.3 is 15.4 Å². The summed E-state index contributed by atoms with van der Waals surface area (Å²) in [7, 11) is 0. The standard InChI is InChI=1S/C20H22N4O2S/c1-3-13-21-20(27)24-23-15(2)16-9-11-18(12-10-16)26-14-19(25)22-17-7-5-4-6-8-17/h3-12H,1,13-14H2,2H3,(H,22,25)(H2,21,24,27)/b23-15-. The van der Waals surface area contributed by atoms with Crippen LogP contribution in [0.25, 0.3) is 0 Å². The van der Waals surface area contributed by atoms with Gasteiger partial charge in [0.15, 0.2) is 11.7 Å². The number of thiocarbonyl (C=S) groups is 1. The summed E-state index contributed by atoms with van der Waals surface area (Å²) in [6.45, 7) is 5.99. The third-order valence-electron chi connectivity index (χ3n) is 3.43. The number of hydrogen-bond acceptors (Lipinski definition) is 4. The Balaban J connectivity index is 1.82. The first-order valence-corrected chi connectivity index (χ1v) is 8.76. The van der Waals surface area contributed by atoms with Crippen LogP contribution in [0.4, 0.5) is 5.69 Å². The van der Waals surface area contributed by atoms with E-state index < -0.39 is 0 Å². The molecular weight excluding hydrogens is 360 g/mol. The second-order valence-corrected chi connectivity index (χ2v) is 5.94. The Morgan fingerprint density at radius 1 is 1.19 bits per heavy atom. The zero-order chi connectivity index (χ0) is 19.5. The Morgan fingerprint density at radius 2 is 1.89 bits per heavy atom. The van der Waals surface area contributed by atoms with Crippen LogP contribution in [0, 0.1) is 0 Å². The average molecular weight is 382 g/mol. The molecule has 0 radical (unpaired) electrons. The number of carbonyl (C=O) groups is 1. The largest absolute Gasteiger partial charge is 0.484 e. The van der Waals surface area contributed by atoms with Gasteiger partial charge in [-0.3, -0.25) is 10.2 Å². The predicted octanol–water partition coefficient (Wildman–Crippen LogP) is 3.08. The molecule has 0 unspecified atom stereocenters. The molecule has 2 rings (SSSR count). The van der Waals surface area contributed by atoms with Crippen molar-refractivity contribution in [2.75, 3.05) is 18.5 Å². The molecule has 0 spiro atoms. The molecule has 2 aromatic rings. The summed E-state index contributed by atoms with van der Waals surface area (Å²) >= 11 is 5.08. The van der Waals surface area contributed by atoms with Crippen molar-refractivity contribution in [1.82, 2.24) is 10.7 Å². The van der Waals surface area contributed by atoms with Crippen molar-refractivity contribution in [2.45, 2.75) is 6.92 Å². The maximum Gasteiger partial charge on any atom is 0.262 e. The molecule has 0 aromatic heterocycles. The smallest absolute Gasteiger partial charge is 0.262 e. The molecule has 0 saturated heterocycles. The zero-order valence-electron chi connectivity index (χ0n) is 15.1. The molecular formula is C20H22N4O2S. The van der Waals surface area contributed by atoms with Crippen molar-refractivity contribution in [3.8, 4) is 5.75 Å². The second kappa shape index (κ2) is 10.7. The van der Waals surface area contributed by atoms with Crippen LogP contribution in [0.15, 0.2) is 72.4 Å². The lowest BCUT2D eigenvalue weighted by molar-refractivity contribution is -0.118. The lowest BCUT2D eigenvalue weighted by Gasteiger charge is -2.09. The number of carbonyl (C=O) groups excluding carboxylic acids is 1. The highest BCUT2D eigenvalue weighted by atomic mass is 32.1. The first kappa shape index (κ1) is 20.1. The molecule has 7 heteroatoms. The maximum atomic E-state index is 11.9. The zero-order valence-corrected chi connectivity index (χ0v) is 15.9. The van der Waals surface area contributed by atoms with Crippen molar-refractivity contribution < 1.29 is 9.53 Å². The molecule has 0 aliphatic rings. The number of hydrazone groups is 1. The predicted molar refractivity (Wildman–Crippen MR) is 113 cm³/mol. The van der Waals surface area contributed by atoms with Gasteiger partial charge in [0, 0.05) is 12.2 Å². The minimum atomic E-state index is -0.215. The fraction of sp³-hybridized carbons (Fsp3) is 0.150. The summed E-state index contributed by atoms with van der Waals surface area (Å²) in [6, 6.07) is 16.6. The van der Waals surface area contributed by atoms with E-state index in [-0.39, 0.29) is 12.5 Å². The normalized spacial score (nSPS) is 10.6. The van der Waals surface area contributed by atoms with E-state index >= 15 is 0 Å². The fourth-order valence-electron chi connectivity index (χ4n) is 2.06. The third kappa shape index (κ3) is 7.29. The van der Waals surface area contributed by atoms with Crippen molar-refractivity contribution >= 4 is 34.6 Å². The van der Waals surface area contributed by atoms with Crippen LogP contribution in [-0.2, 0) is 4.79 Å². The van der Waals surface area contributed by atoms with Gasteiger partial charge in [-0.1, -0.05) is 24.3 Å². The van der Waals surface area contributed by atoms with Crippen molar-refractivity contribution in [3.05, 3.63) is 72.8 Å². The monoisotopic (exact) mass is 382 g/mol. The number of ether oxygens (including phenoxy) is 1. The second-order valence-electron chi connectivity index (χ2n) is 5.53. The molecule has 0 bridgehead atoms. The SMILES string of the molecule is C=CCNC(=S)N/N=C(/C)c1ccc(OCC(=O)Nc2ccccc2)cc1. The van der Waals surface area contributed by atoms with Crippen molar-refractivity contribution in [3.63, 3.8) is 0 Å². The molecule has 1 amide bonds. The minimum Gasteiger partial charge on any atom is -0.484 e. The van der Waals surface area contributed by atoms with Crippen LogP contribution < -0.4 is 20.8 Å². The number of benzene rings is 2. The number of hydrogen-bond donors (Lipinski definition) is 3. The van der Waals surface area contributed by atoms with Crippen LogP contribution in [0.3, 0.4) is 0 Å². The van der Waals surface area contributed by atoms with E-state index in [0.717, 1.165) is 17.0 Å². The van der Waals surface area contributed by atoms with Crippen LogP contribution in [0.5, 0.6) is 5.75 Å². The first-order chi connectivity index (χ1) is 13.1. The van der Waals surface area contributed by atoms with E-state index in [1.54, 1.807) is 18.2 Å². The summed E-state index contributed by atoms with van der Waals surface area (Å²) in [5.41, 5.74) is 5.19. The molecule has 0 atom stereocenters. The van der Waals surface area contributed by atoms with Gasteiger partial charge in [0.05, 0.1) is 5.71 Å². The van der Waals surface area contributed by atoms with Crippen LogP contribution >= 0.6 is 12.2 Å². The van der Waals surface area contributed by atoms with Crippen LogP contribution in [-0.4, -0.2) is 29.9 Å². The van der Waals surface area contributed by atoms with E-state index in [9.17, 15) is 4.79 Å². The minimum absolute atomic E-state index is 0.0634. The number of nitrogens with one attached hydrogen (secondary N) is 3. The summed E-state index contributed by atoms with van der Waals surface area (Å²) in [5.74, 6) is 0.388. The van der Waals surface area contributed by atoms with Gasteiger partial charge in [-0.15, -0.1) is 6.58 Å². The van der Waals surface area contributed by atoms with Gasteiger partial charge in [-0.05, 0) is 61.1 Å². The number of para-hydroxylation sites is 1. The highest BCUT2D eigenvalue weighted by Gasteiger charge is 2.04. The molecule has 6 nitrogen and oxygen atoms in total. The number of anilines is 1. The third-order valence-corrected chi connectivity index (χ3v) is 3.67. The van der Waals surface area contributed by atoms with E-state index in [2.05, 4.69) is 27.7 Å². The van der Waals surface area contributed by atoms with Gasteiger partial charge in [-0.25, -0.2) is 0 Å². The highest BCUT2D eigenvalue weighted by molar-refractivity contribution is 7.80. The summed E-state index contributed by atoms with van der Waals surface area (Å²) < 4.78 is 5.51. The summed E-state index contributed by atoms with van der Waals surface area (Å²) in [5, 5.41) is 10.3. The molecule has 0 saturated carbocycles. The molecule has 0 heterocycles. The fourth-order valence-corrected chi connectivity index (χ4v) is 2.19. The number of nitrogens with zero attached hydrogens (tertiary/aromatic N) is 1. The molecule has 140 valence electrons. The maximum absolute atomic E-state index is 11.9. The van der Waals surface area contributed by atoms with Crippen LogP contribution in [0.1, 0.15) is 12.5 Å². The molecule has 0 aliphatic carbocycles. The number of rotatable bonds is 8. The Hall–Kier alpha value is -3.19. The topological polar surface area (TPSA) is 74.8 Å². The number of amides is 1. The van der Waals surface area contributed by atoms with E-state index in [0.29, 0.717) is 17.4 Å². The van der Waals surface area contributed by atoms with Gasteiger partial charge in [-0.2, -0.15) is 5.10 Å². The molecule has 0 fully saturated rings. The lowest BCUT2D eigenvalue weighted by atomic mass is 10.1. The average Bonchev–Trinajstić information content (AvgIpc) is 2.70. The lowest BCUT2D eigenvalue weighted by Crippen LogP contribution is -2.32. The van der Waals surface area contributed by atoms with Gasteiger partial charge in [0.25, 0.3) is 5.91 Å². The van der Waals surface area contributed by atoms with Gasteiger partial charge >= 0.3 is 0 Å². The Labute approximate surface area is 164 Å². The van der Waals surface area contributed by atoms with Crippen LogP contribution in [0.2, 0.25) is 0 Å². The summed E-state index contributed by atoms with van der Waals surface area (Å²) in [6.07, 6.45) is 1.71. The van der Waals surface area contributed by atoms with E-state index in [1.165, 1.54) is 0 Å². The van der Waals surface area contributed by atoms with Crippen molar-refractivity contribution in [1.29, 1.82) is 0 Å². The molecule has 27 heavy (non-hydrogen) atoms. The quantitative estimate of drug-likeness (QED) is 0.283. The van der Waals surface area contributed by atoms with Gasteiger partial charge in [0.2, 0.25) is 0 Å².